The van der Waals surface area contributed by atoms with Gasteiger partial charge in [-0.3, -0.25) is 9.36 Å². The lowest BCUT2D eigenvalue weighted by atomic mass is 10.1. The molecule has 0 fully saturated rings. The predicted octanol–water partition coefficient (Wildman–Crippen LogP) is 2.19. The van der Waals surface area contributed by atoms with Gasteiger partial charge in [0.1, 0.15) is 0 Å². The fourth-order valence-corrected chi connectivity index (χ4v) is 2.59. The lowest BCUT2D eigenvalue weighted by molar-refractivity contribution is 0.724. The molecule has 0 aliphatic heterocycles. The Morgan fingerprint density at radius 1 is 1.36 bits per heavy atom. The molecule has 0 saturated heterocycles. The van der Waals surface area contributed by atoms with E-state index in [9.17, 15) is 4.79 Å². The van der Waals surface area contributed by atoms with Gasteiger partial charge in [-0.2, -0.15) is 0 Å². The fourth-order valence-electron chi connectivity index (χ4n) is 2.40. The van der Waals surface area contributed by atoms with Crippen LogP contribution in [0.3, 0.4) is 0 Å². The van der Waals surface area contributed by atoms with Crippen molar-refractivity contribution in [3.63, 3.8) is 0 Å². The van der Waals surface area contributed by atoms with Crippen LogP contribution in [0.5, 0.6) is 0 Å². The minimum absolute atomic E-state index is 0.195. The largest absolute Gasteiger partial charge is 0.323 e. The molecule has 0 radical (unpaired) electrons. The normalized spacial score (nSPS) is 14.6. The molecule has 1 aromatic carbocycles. The number of aromatic nitrogens is 1. The minimum Gasteiger partial charge on any atom is -0.323 e. The molecule has 1 atom stereocenters. The summed E-state index contributed by atoms with van der Waals surface area (Å²) in [7, 11) is 0. The van der Waals surface area contributed by atoms with E-state index in [2.05, 4.69) is 6.58 Å². The van der Waals surface area contributed by atoms with Gasteiger partial charge >= 0.3 is 0 Å². The van der Waals surface area contributed by atoms with Crippen LogP contribution in [0.2, 0.25) is 0 Å². The molecule has 4 heteroatoms. The average Bonchev–Trinajstić information content (AvgIpc) is 2.53. The number of hydrogen-bond donors (Lipinski definition) is 1. The summed E-state index contributed by atoms with van der Waals surface area (Å²) in [6, 6.07) is 11.0. The van der Waals surface area contributed by atoms with E-state index in [4.69, 9.17) is 17.3 Å². The number of nitrogens with two attached hydrogens (primary N) is 1. The van der Waals surface area contributed by atoms with Gasteiger partial charge in [0.2, 0.25) is 0 Å². The van der Waals surface area contributed by atoms with E-state index in [1.165, 1.54) is 6.08 Å². The van der Waals surface area contributed by atoms with Gasteiger partial charge in [-0.15, -0.1) is 0 Å². The van der Waals surface area contributed by atoms with E-state index < -0.39 is 0 Å². The summed E-state index contributed by atoms with van der Waals surface area (Å²) < 4.78 is 1.61. The Balaban J connectivity index is 3.08. The minimum atomic E-state index is -0.289. The van der Waals surface area contributed by atoms with Crippen molar-refractivity contribution in [2.24, 2.45) is 5.73 Å². The monoisotopic (exact) mass is 314 g/mol. The number of rotatable bonds is 3. The maximum atomic E-state index is 13.0. The molecule has 2 rings (SSSR count). The fraction of sp³-hybridized carbons (Fsp3) is 0.167. The Hall–Kier alpha value is -2.10. The van der Waals surface area contributed by atoms with Crippen molar-refractivity contribution in [2.75, 3.05) is 0 Å². The lowest BCUT2D eigenvalue weighted by Gasteiger charge is -2.16. The highest BCUT2D eigenvalue weighted by Crippen LogP contribution is 2.12. The van der Waals surface area contributed by atoms with Crippen LogP contribution in [-0.4, -0.2) is 4.57 Å². The van der Waals surface area contributed by atoms with Crippen molar-refractivity contribution in [1.29, 1.82) is 0 Å². The van der Waals surface area contributed by atoms with Crippen LogP contribution in [-0.2, 0) is 0 Å². The SMILES string of the molecule is C=C/C(Cl)=c1/c(=O)n(-c2ccccc2)c([C@H](C)N)c/c1=C/C. The Bertz CT molecular complexity index is 864. The second kappa shape index (κ2) is 6.77. The summed E-state index contributed by atoms with van der Waals surface area (Å²) in [5, 5.41) is 1.53. The molecule has 2 aromatic rings. The Morgan fingerprint density at radius 3 is 2.50 bits per heavy atom. The molecule has 2 N–H and O–H groups in total. The van der Waals surface area contributed by atoms with Gasteiger partial charge in [-0.05, 0) is 43.3 Å². The van der Waals surface area contributed by atoms with Crippen molar-refractivity contribution < 1.29 is 0 Å². The van der Waals surface area contributed by atoms with E-state index in [-0.39, 0.29) is 11.6 Å². The van der Waals surface area contributed by atoms with Gasteiger partial charge in [-0.1, -0.05) is 42.5 Å². The van der Waals surface area contributed by atoms with E-state index in [0.717, 1.165) is 16.6 Å². The maximum Gasteiger partial charge on any atom is 0.264 e. The van der Waals surface area contributed by atoms with Gasteiger partial charge in [-0.25, -0.2) is 0 Å². The van der Waals surface area contributed by atoms with Crippen molar-refractivity contribution in [3.8, 4) is 5.69 Å². The molecule has 114 valence electrons. The van der Waals surface area contributed by atoms with Crippen molar-refractivity contribution in [1.82, 2.24) is 4.57 Å². The van der Waals surface area contributed by atoms with Gasteiger partial charge in [0.25, 0.3) is 5.56 Å². The third-order valence-electron chi connectivity index (χ3n) is 3.48. The number of benzene rings is 1. The molecule has 0 amide bonds. The molecule has 0 saturated carbocycles. The zero-order valence-electron chi connectivity index (χ0n) is 12.7. The summed E-state index contributed by atoms with van der Waals surface area (Å²) in [5.41, 5.74) is 7.37. The molecule has 0 unspecified atom stereocenters. The smallest absolute Gasteiger partial charge is 0.264 e. The van der Waals surface area contributed by atoms with Crippen molar-refractivity contribution in [2.45, 2.75) is 19.9 Å². The van der Waals surface area contributed by atoms with Crippen molar-refractivity contribution in [3.05, 3.63) is 75.5 Å². The number of para-hydroxylation sites is 1. The van der Waals surface area contributed by atoms with Crippen molar-refractivity contribution >= 4 is 22.7 Å². The van der Waals surface area contributed by atoms with E-state index in [1.54, 1.807) is 4.57 Å². The first-order valence-electron chi connectivity index (χ1n) is 7.06. The summed E-state index contributed by atoms with van der Waals surface area (Å²) >= 11 is 6.21. The highest BCUT2D eigenvalue weighted by atomic mass is 35.5. The first-order chi connectivity index (χ1) is 10.5. The van der Waals surface area contributed by atoms with E-state index >= 15 is 0 Å². The molecule has 22 heavy (non-hydrogen) atoms. The molecular weight excluding hydrogens is 296 g/mol. The highest BCUT2D eigenvalue weighted by molar-refractivity contribution is 6.47. The highest BCUT2D eigenvalue weighted by Gasteiger charge is 2.13. The summed E-state index contributed by atoms with van der Waals surface area (Å²) in [4.78, 5) is 13.0. The molecule has 3 nitrogen and oxygen atoms in total. The van der Waals surface area contributed by atoms with Gasteiger partial charge in [0, 0.05) is 17.4 Å². The van der Waals surface area contributed by atoms with Gasteiger partial charge in [0.15, 0.2) is 0 Å². The van der Waals surface area contributed by atoms with Gasteiger partial charge < -0.3 is 5.73 Å². The van der Waals surface area contributed by atoms with Crippen LogP contribution in [0.25, 0.3) is 16.8 Å². The van der Waals surface area contributed by atoms with Crippen LogP contribution in [0, 0.1) is 0 Å². The Morgan fingerprint density at radius 2 is 2.00 bits per heavy atom. The maximum absolute atomic E-state index is 13.0. The van der Waals surface area contributed by atoms with E-state index in [0.29, 0.717) is 10.3 Å². The van der Waals surface area contributed by atoms with Gasteiger partial charge in [0.05, 0.1) is 10.3 Å². The number of nitrogens with zero attached hydrogens (tertiary/aromatic N) is 1. The topological polar surface area (TPSA) is 48.0 Å². The molecular formula is C18H19ClN2O. The lowest BCUT2D eigenvalue weighted by Crippen LogP contribution is -2.47. The number of hydrogen-bond acceptors (Lipinski definition) is 2. The first kappa shape index (κ1) is 16.3. The quantitative estimate of drug-likeness (QED) is 0.944. The molecule has 0 aliphatic carbocycles. The second-order valence-corrected chi connectivity index (χ2v) is 5.41. The summed E-state index contributed by atoms with van der Waals surface area (Å²) in [6.07, 6.45) is 3.33. The molecule has 1 aromatic heterocycles. The number of pyridine rings is 1. The van der Waals surface area contributed by atoms with Crippen LogP contribution in [0.1, 0.15) is 25.6 Å². The third kappa shape index (κ3) is 2.91. The van der Waals surface area contributed by atoms with E-state index in [1.807, 2.05) is 56.3 Å². The summed E-state index contributed by atoms with van der Waals surface area (Å²) in [5.74, 6) is 0. The zero-order valence-corrected chi connectivity index (χ0v) is 13.5. The predicted molar refractivity (Wildman–Crippen MR) is 93.5 cm³/mol. The average molecular weight is 315 g/mol. The molecule has 1 heterocycles. The zero-order chi connectivity index (χ0) is 16.3. The van der Waals surface area contributed by atoms with Crippen LogP contribution in [0.4, 0.5) is 0 Å². The Kier molecular flexibility index (Phi) is 5.01. The Labute approximate surface area is 134 Å². The molecule has 0 bridgehead atoms. The summed E-state index contributed by atoms with van der Waals surface area (Å²) in [6.45, 7) is 7.38. The standard InChI is InChI=1S/C18H19ClN2O/c1-4-13-11-16(12(3)20)21(14-9-7-6-8-10-14)18(22)17(13)15(19)5-2/h4-12H,2,20H2,1,3H3/b13-4-,17-15-/t12-/m0/s1. The van der Waals surface area contributed by atoms with Crippen LogP contribution < -0.4 is 21.7 Å². The van der Waals surface area contributed by atoms with Crippen LogP contribution >= 0.6 is 11.6 Å². The molecule has 0 aliphatic rings. The number of allylic oxidation sites excluding steroid dienone is 1. The molecule has 0 spiro atoms. The second-order valence-electron chi connectivity index (χ2n) is 5.01. The third-order valence-corrected chi connectivity index (χ3v) is 3.82. The number of halogens is 1. The van der Waals surface area contributed by atoms with Crippen LogP contribution in [0.15, 0.2) is 53.8 Å². The first-order valence-corrected chi connectivity index (χ1v) is 7.44.